The Balaban J connectivity index is 2.19. The third-order valence-electron chi connectivity index (χ3n) is 2.78. The third kappa shape index (κ3) is 1.84. The number of aryl methyl sites for hydroxylation is 1. The van der Waals surface area contributed by atoms with Gasteiger partial charge in [0.15, 0.2) is 0 Å². The van der Waals surface area contributed by atoms with Crippen molar-refractivity contribution in [3.8, 4) is 16.3 Å². The van der Waals surface area contributed by atoms with Crippen molar-refractivity contribution < 1.29 is 4.74 Å². The molecule has 4 heteroatoms. The van der Waals surface area contributed by atoms with Crippen LogP contribution in [-0.2, 0) is 0 Å². The van der Waals surface area contributed by atoms with E-state index in [0.717, 1.165) is 21.8 Å². The van der Waals surface area contributed by atoms with Crippen LogP contribution in [0, 0.1) is 6.92 Å². The minimum atomic E-state index is 0.758. The largest absolute Gasteiger partial charge is 0.494 e. The number of hydrogen-bond acceptors (Lipinski definition) is 4. The second-order valence-corrected chi connectivity index (χ2v) is 5.10. The summed E-state index contributed by atoms with van der Waals surface area (Å²) in [6.07, 6.45) is 3.47. The smallest absolute Gasteiger partial charge is 0.147 e. The Morgan fingerprint density at radius 2 is 2.11 bits per heavy atom. The lowest BCUT2D eigenvalue weighted by molar-refractivity contribution is 0.414. The van der Waals surface area contributed by atoms with E-state index in [2.05, 4.69) is 35.1 Å². The molecule has 18 heavy (non-hydrogen) atoms. The number of rotatable bonds is 2. The van der Waals surface area contributed by atoms with E-state index in [1.54, 1.807) is 30.8 Å². The van der Waals surface area contributed by atoms with Gasteiger partial charge < -0.3 is 4.74 Å². The van der Waals surface area contributed by atoms with Gasteiger partial charge in [-0.3, -0.25) is 4.98 Å². The Morgan fingerprint density at radius 3 is 2.94 bits per heavy atom. The zero-order valence-electron chi connectivity index (χ0n) is 10.2. The van der Waals surface area contributed by atoms with Gasteiger partial charge in [0, 0.05) is 6.20 Å². The lowest BCUT2D eigenvalue weighted by Gasteiger charge is -2.03. The van der Waals surface area contributed by atoms with Crippen LogP contribution in [0.15, 0.2) is 36.7 Å². The van der Waals surface area contributed by atoms with Gasteiger partial charge in [-0.2, -0.15) is 0 Å². The van der Waals surface area contributed by atoms with Crippen LogP contribution in [0.5, 0.6) is 5.75 Å². The van der Waals surface area contributed by atoms with Gasteiger partial charge in [0.1, 0.15) is 10.8 Å². The van der Waals surface area contributed by atoms with Crippen LogP contribution in [0.25, 0.3) is 20.8 Å². The molecule has 0 amide bonds. The Hall–Kier alpha value is -1.94. The molecule has 0 radical (unpaired) electrons. The highest BCUT2D eigenvalue weighted by molar-refractivity contribution is 7.21. The molecular weight excluding hydrogens is 244 g/mol. The minimum absolute atomic E-state index is 0.758. The van der Waals surface area contributed by atoms with Crippen LogP contribution < -0.4 is 4.74 Å². The lowest BCUT2D eigenvalue weighted by atomic mass is 10.2. The number of pyridine rings is 1. The maximum Gasteiger partial charge on any atom is 0.147 e. The normalized spacial score (nSPS) is 10.8. The van der Waals surface area contributed by atoms with Gasteiger partial charge in [-0.05, 0) is 30.7 Å². The van der Waals surface area contributed by atoms with E-state index in [4.69, 9.17) is 4.74 Å². The summed E-state index contributed by atoms with van der Waals surface area (Å²) >= 11 is 1.67. The van der Waals surface area contributed by atoms with Crippen LogP contribution in [0.4, 0.5) is 0 Å². The van der Waals surface area contributed by atoms with Gasteiger partial charge in [0.05, 0.1) is 29.1 Å². The Labute approximate surface area is 109 Å². The molecular formula is C14H12N2OS. The minimum Gasteiger partial charge on any atom is -0.494 e. The molecule has 0 spiro atoms. The molecule has 0 fully saturated rings. The van der Waals surface area contributed by atoms with E-state index < -0.39 is 0 Å². The van der Waals surface area contributed by atoms with Gasteiger partial charge in [-0.25, -0.2) is 4.98 Å². The molecule has 3 nitrogen and oxygen atoms in total. The highest BCUT2D eigenvalue weighted by Crippen LogP contribution is 2.35. The standard InChI is InChI=1S/C14H12N2OS/c1-9-3-4-13-11(7-9)16-14(18-13)10-5-6-15-8-12(10)17-2/h3-8H,1-2H3. The Bertz CT molecular complexity index is 706. The average molecular weight is 256 g/mol. The predicted molar refractivity (Wildman–Crippen MR) is 74.1 cm³/mol. The maximum absolute atomic E-state index is 5.32. The summed E-state index contributed by atoms with van der Waals surface area (Å²) < 4.78 is 6.51. The molecule has 90 valence electrons. The monoisotopic (exact) mass is 256 g/mol. The van der Waals surface area contributed by atoms with Gasteiger partial charge in [-0.1, -0.05) is 6.07 Å². The SMILES string of the molecule is COc1cnccc1-c1nc2cc(C)ccc2s1. The van der Waals surface area contributed by atoms with Crippen LogP contribution in [0.3, 0.4) is 0 Å². The Kier molecular flexibility index (Phi) is 2.72. The number of ether oxygens (including phenoxy) is 1. The summed E-state index contributed by atoms with van der Waals surface area (Å²) in [5.41, 5.74) is 3.25. The van der Waals surface area contributed by atoms with E-state index in [1.165, 1.54) is 10.3 Å². The van der Waals surface area contributed by atoms with Gasteiger partial charge in [-0.15, -0.1) is 11.3 Å². The molecule has 1 aromatic carbocycles. The van der Waals surface area contributed by atoms with Crippen LogP contribution in [-0.4, -0.2) is 17.1 Å². The summed E-state index contributed by atoms with van der Waals surface area (Å²) in [6, 6.07) is 8.25. The first kappa shape index (κ1) is 11.2. The van der Waals surface area contributed by atoms with Crippen molar-refractivity contribution in [1.29, 1.82) is 0 Å². The van der Waals surface area contributed by atoms with E-state index in [-0.39, 0.29) is 0 Å². The number of aromatic nitrogens is 2. The Morgan fingerprint density at radius 1 is 1.22 bits per heavy atom. The van der Waals surface area contributed by atoms with Crippen LogP contribution >= 0.6 is 11.3 Å². The average Bonchev–Trinajstić information content (AvgIpc) is 2.81. The molecule has 0 unspecified atom stereocenters. The fourth-order valence-electron chi connectivity index (χ4n) is 1.87. The second kappa shape index (κ2) is 4.38. The van der Waals surface area contributed by atoms with Gasteiger partial charge in [0.25, 0.3) is 0 Å². The predicted octanol–water partition coefficient (Wildman–Crippen LogP) is 3.68. The topological polar surface area (TPSA) is 35.0 Å². The van der Waals surface area contributed by atoms with E-state index >= 15 is 0 Å². The fraction of sp³-hybridized carbons (Fsp3) is 0.143. The highest BCUT2D eigenvalue weighted by Gasteiger charge is 2.10. The number of thiazole rings is 1. The molecule has 0 N–H and O–H groups in total. The summed E-state index contributed by atoms with van der Waals surface area (Å²) in [5, 5.41) is 0.967. The first-order valence-electron chi connectivity index (χ1n) is 5.63. The van der Waals surface area contributed by atoms with Crippen molar-refractivity contribution in [2.75, 3.05) is 7.11 Å². The number of nitrogens with zero attached hydrogens (tertiary/aromatic N) is 2. The second-order valence-electron chi connectivity index (χ2n) is 4.07. The van der Waals surface area contributed by atoms with E-state index in [1.807, 2.05) is 6.07 Å². The van der Waals surface area contributed by atoms with Crippen molar-refractivity contribution in [3.63, 3.8) is 0 Å². The van der Waals surface area contributed by atoms with Gasteiger partial charge >= 0.3 is 0 Å². The summed E-state index contributed by atoms with van der Waals surface area (Å²) in [7, 11) is 1.65. The quantitative estimate of drug-likeness (QED) is 0.701. The summed E-state index contributed by atoms with van der Waals surface area (Å²) in [4.78, 5) is 8.72. The van der Waals surface area contributed by atoms with Crippen molar-refractivity contribution in [1.82, 2.24) is 9.97 Å². The number of fused-ring (bicyclic) bond motifs is 1. The molecule has 0 saturated carbocycles. The lowest BCUT2D eigenvalue weighted by Crippen LogP contribution is -1.88. The first-order chi connectivity index (χ1) is 8.78. The van der Waals surface area contributed by atoms with E-state index in [9.17, 15) is 0 Å². The molecule has 3 rings (SSSR count). The van der Waals surface area contributed by atoms with Crippen LogP contribution in [0.2, 0.25) is 0 Å². The van der Waals surface area contributed by atoms with Crippen molar-refractivity contribution in [3.05, 3.63) is 42.2 Å². The van der Waals surface area contributed by atoms with Gasteiger partial charge in [0.2, 0.25) is 0 Å². The zero-order chi connectivity index (χ0) is 12.5. The number of benzene rings is 1. The molecule has 0 saturated heterocycles. The summed E-state index contributed by atoms with van der Waals surface area (Å²) in [5.74, 6) is 0.758. The number of methoxy groups -OCH3 is 1. The highest BCUT2D eigenvalue weighted by atomic mass is 32.1. The molecule has 0 atom stereocenters. The maximum atomic E-state index is 5.32. The molecule has 0 aliphatic carbocycles. The van der Waals surface area contributed by atoms with Crippen molar-refractivity contribution in [2.45, 2.75) is 6.92 Å². The van der Waals surface area contributed by atoms with Crippen LogP contribution in [0.1, 0.15) is 5.56 Å². The third-order valence-corrected chi connectivity index (χ3v) is 3.85. The first-order valence-corrected chi connectivity index (χ1v) is 6.45. The molecule has 0 aliphatic rings. The molecule has 0 aliphatic heterocycles. The zero-order valence-corrected chi connectivity index (χ0v) is 11.0. The van der Waals surface area contributed by atoms with Crippen molar-refractivity contribution >= 4 is 21.6 Å². The summed E-state index contributed by atoms with van der Waals surface area (Å²) in [6.45, 7) is 2.07. The molecule has 2 heterocycles. The van der Waals surface area contributed by atoms with E-state index in [0.29, 0.717) is 0 Å². The molecule has 0 bridgehead atoms. The number of hydrogen-bond donors (Lipinski definition) is 0. The molecule has 2 aromatic heterocycles. The molecule has 3 aromatic rings. The fourth-order valence-corrected chi connectivity index (χ4v) is 2.85. The van der Waals surface area contributed by atoms with Crippen molar-refractivity contribution in [2.24, 2.45) is 0 Å².